The monoisotopic (exact) mass is 258 g/mol. The Morgan fingerprint density at radius 3 is 3.00 bits per heavy atom. The Hall–Kier alpha value is -1.55. The van der Waals surface area contributed by atoms with Crippen molar-refractivity contribution in [3.8, 4) is 0 Å². The molecule has 1 atom stereocenters. The molecule has 102 valence electrons. The second-order valence-electron chi connectivity index (χ2n) is 5.80. The van der Waals surface area contributed by atoms with Gasteiger partial charge in [-0.15, -0.1) is 0 Å². The van der Waals surface area contributed by atoms with Crippen LogP contribution in [-0.2, 0) is 0 Å². The quantitative estimate of drug-likeness (QED) is 0.900. The van der Waals surface area contributed by atoms with Crippen molar-refractivity contribution in [2.75, 3.05) is 18.8 Å². The predicted octanol–water partition coefficient (Wildman–Crippen LogP) is 2.50. The normalized spacial score (nSPS) is 21.3. The summed E-state index contributed by atoms with van der Waals surface area (Å²) in [6.07, 6.45) is 6.41. The smallest absolute Gasteiger partial charge is 0.117 e. The summed E-state index contributed by atoms with van der Waals surface area (Å²) < 4.78 is 2.16. The fourth-order valence-electron chi connectivity index (χ4n) is 3.01. The van der Waals surface area contributed by atoms with E-state index in [2.05, 4.69) is 28.1 Å². The molecule has 3 heterocycles. The number of nitrogens with zero attached hydrogens (tertiary/aromatic N) is 3. The number of rotatable bonds is 2. The third-order valence-electron chi connectivity index (χ3n) is 4.13. The average molecular weight is 258 g/mol. The number of nitrogen functional groups attached to an aromatic ring is 1. The summed E-state index contributed by atoms with van der Waals surface area (Å²) in [7, 11) is 0. The van der Waals surface area contributed by atoms with Crippen LogP contribution in [0.2, 0.25) is 0 Å². The summed E-state index contributed by atoms with van der Waals surface area (Å²) in [5, 5.41) is 0. The molecule has 4 heteroatoms. The van der Waals surface area contributed by atoms with Crippen molar-refractivity contribution in [2.24, 2.45) is 0 Å². The van der Waals surface area contributed by atoms with E-state index in [1.54, 1.807) is 0 Å². The van der Waals surface area contributed by atoms with E-state index in [4.69, 9.17) is 5.73 Å². The lowest BCUT2D eigenvalue weighted by Crippen LogP contribution is -2.39. The molecule has 3 rings (SSSR count). The van der Waals surface area contributed by atoms with E-state index >= 15 is 0 Å². The number of imidazole rings is 1. The first kappa shape index (κ1) is 12.5. The molecule has 0 aromatic carbocycles. The Balaban J connectivity index is 1.93. The van der Waals surface area contributed by atoms with Crippen LogP contribution in [0.25, 0.3) is 5.52 Å². The minimum atomic E-state index is 0.514. The van der Waals surface area contributed by atoms with Crippen LogP contribution in [0.3, 0.4) is 0 Å². The number of anilines is 1. The highest BCUT2D eigenvalue weighted by Crippen LogP contribution is 2.28. The highest BCUT2D eigenvalue weighted by atomic mass is 15.2. The minimum Gasteiger partial charge on any atom is -0.398 e. The summed E-state index contributed by atoms with van der Waals surface area (Å²) in [5.41, 5.74) is 7.82. The van der Waals surface area contributed by atoms with Gasteiger partial charge in [0, 0.05) is 30.4 Å². The summed E-state index contributed by atoms with van der Waals surface area (Å²) in [5.74, 6) is 1.67. The van der Waals surface area contributed by atoms with E-state index in [0.29, 0.717) is 12.0 Å². The van der Waals surface area contributed by atoms with Crippen molar-refractivity contribution >= 4 is 11.2 Å². The van der Waals surface area contributed by atoms with E-state index in [9.17, 15) is 0 Å². The number of piperidine rings is 1. The van der Waals surface area contributed by atoms with Gasteiger partial charge in [0.15, 0.2) is 0 Å². The van der Waals surface area contributed by atoms with Gasteiger partial charge in [-0.25, -0.2) is 4.98 Å². The lowest BCUT2D eigenvalue weighted by Gasteiger charge is -2.34. The number of hydrogen-bond acceptors (Lipinski definition) is 3. The summed E-state index contributed by atoms with van der Waals surface area (Å²) >= 11 is 0. The highest BCUT2D eigenvalue weighted by Gasteiger charge is 2.25. The molecule has 0 radical (unpaired) electrons. The number of likely N-dealkylation sites (tertiary alicyclic amines) is 1. The van der Waals surface area contributed by atoms with Gasteiger partial charge in [0.1, 0.15) is 5.82 Å². The van der Waals surface area contributed by atoms with Gasteiger partial charge < -0.3 is 15.0 Å². The van der Waals surface area contributed by atoms with Gasteiger partial charge in [-0.05, 0) is 45.4 Å². The molecule has 19 heavy (non-hydrogen) atoms. The maximum atomic E-state index is 5.90. The first-order valence-electron chi connectivity index (χ1n) is 7.11. The molecular formula is C15H22N4. The van der Waals surface area contributed by atoms with E-state index in [1.807, 2.05) is 24.5 Å². The maximum Gasteiger partial charge on any atom is 0.117 e. The molecule has 1 unspecified atom stereocenters. The predicted molar refractivity (Wildman–Crippen MR) is 78.3 cm³/mol. The van der Waals surface area contributed by atoms with Crippen molar-refractivity contribution in [2.45, 2.75) is 38.6 Å². The Kier molecular flexibility index (Phi) is 3.19. The zero-order valence-corrected chi connectivity index (χ0v) is 11.7. The third kappa shape index (κ3) is 2.32. The second-order valence-corrected chi connectivity index (χ2v) is 5.80. The van der Waals surface area contributed by atoms with E-state index < -0.39 is 0 Å². The topological polar surface area (TPSA) is 46.6 Å². The molecule has 0 spiro atoms. The van der Waals surface area contributed by atoms with Crippen LogP contribution in [0, 0.1) is 0 Å². The largest absolute Gasteiger partial charge is 0.398 e. The van der Waals surface area contributed by atoms with Crippen LogP contribution in [-0.4, -0.2) is 33.4 Å². The lowest BCUT2D eigenvalue weighted by molar-refractivity contribution is 0.164. The molecule has 2 aromatic rings. The zero-order valence-electron chi connectivity index (χ0n) is 11.7. The first-order chi connectivity index (χ1) is 9.15. The van der Waals surface area contributed by atoms with Crippen LogP contribution in [0.15, 0.2) is 24.5 Å². The van der Waals surface area contributed by atoms with Crippen LogP contribution in [0.5, 0.6) is 0 Å². The number of hydrogen-bond donors (Lipinski definition) is 1. The van der Waals surface area contributed by atoms with E-state index in [1.165, 1.54) is 19.4 Å². The molecule has 0 bridgehead atoms. The number of nitrogens with two attached hydrogens (primary N) is 1. The Bertz CT molecular complexity index is 573. The highest BCUT2D eigenvalue weighted by molar-refractivity contribution is 5.52. The summed E-state index contributed by atoms with van der Waals surface area (Å²) in [6, 6.07) is 4.58. The second kappa shape index (κ2) is 4.85. The van der Waals surface area contributed by atoms with E-state index in [-0.39, 0.29) is 0 Å². The molecule has 1 fully saturated rings. The van der Waals surface area contributed by atoms with Crippen LogP contribution in [0.4, 0.5) is 5.69 Å². The molecule has 0 aliphatic carbocycles. The zero-order chi connectivity index (χ0) is 13.4. The van der Waals surface area contributed by atoms with Crippen molar-refractivity contribution < 1.29 is 0 Å². The van der Waals surface area contributed by atoms with Crippen LogP contribution < -0.4 is 5.73 Å². The van der Waals surface area contributed by atoms with Gasteiger partial charge in [0.2, 0.25) is 0 Å². The molecule has 4 nitrogen and oxygen atoms in total. The third-order valence-corrected chi connectivity index (χ3v) is 4.13. The van der Waals surface area contributed by atoms with Crippen molar-refractivity contribution in [3.05, 3.63) is 30.4 Å². The fourth-order valence-corrected chi connectivity index (χ4v) is 3.01. The maximum absolute atomic E-state index is 5.90. The van der Waals surface area contributed by atoms with Gasteiger partial charge in [-0.1, -0.05) is 0 Å². The molecule has 2 aromatic heterocycles. The Morgan fingerprint density at radius 2 is 2.21 bits per heavy atom. The van der Waals surface area contributed by atoms with Gasteiger partial charge in [0.25, 0.3) is 0 Å². The molecule has 0 saturated carbocycles. The lowest BCUT2D eigenvalue weighted by atomic mass is 9.96. The minimum absolute atomic E-state index is 0.514. The standard InChI is InChI=1S/C15H22N4/c1-11(2)18-7-3-4-12(9-18)15-17-8-14-6-5-13(16)10-19(14)15/h5-6,8,10-12H,3-4,7,9,16H2,1-2H3. The molecule has 0 amide bonds. The van der Waals surface area contributed by atoms with Gasteiger partial charge in [-0.2, -0.15) is 0 Å². The van der Waals surface area contributed by atoms with Crippen molar-refractivity contribution in [3.63, 3.8) is 0 Å². The Labute approximate surface area is 114 Å². The molecular weight excluding hydrogens is 236 g/mol. The molecule has 1 saturated heterocycles. The van der Waals surface area contributed by atoms with Gasteiger partial charge in [-0.3, -0.25) is 0 Å². The average Bonchev–Trinajstić information content (AvgIpc) is 2.81. The van der Waals surface area contributed by atoms with Gasteiger partial charge in [0.05, 0.1) is 11.7 Å². The van der Waals surface area contributed by atoms with Crippen molar-refractivity contribution in [1.82, 2.24) is 14.3 Å². The molecule has 1 aliphatic rings. The summed E-state index contributed by atoms with van der Waals surface area (Å²) in [6.45, 7) is 6.85. The summed E-state index contributed by atoms with van der Waals surface area (Å²) in [4.78, 5) is 7.18. The fraction of sp³-hybridized carbons (Fsp3) is 0.533. The first-order valence-corrected chi connectivity index (χ1v) is 7.11. The number of aromatic nitrogens is 2. The van der Waals surface area contributed by atoms with Gasteiger partial charge >= 0.3 is 0 Å². The SMILES string of the molecule is CC(C)N1CCCC(c2ncc3ccc(N)cn23)C1. The molecule has 1 aliphatic heterocycles. The number of fused-ring (bicyclic) bond motifs is 1. The molecule has 2 N–H and O–H groups in total. The van der Waals surface area contributed by atoms with Crippen LogP contribution in [0.1, 0.15) is 38.4 Å². The van der Waals surface area contributed by atoms with Crippen molar-refractivity contribution in [1.29, 1.82) is 0 Å². The van der Waals surface area contributed by atoms with E-state index in [0.717, 1.165) is 23.6 Å². The number of pyridine rings is 1. The Morgan fingerprint density at radius 1 is 1.37 bits per heavy atom. The van der Waals surface area contributed by atoms with Crippen LogP contribution >= 0.6 is 0 Å².